The molecule has 1 rings (SSSR count). The molecule has 0 radical (unpaired) electrons. The van der Waals surface area contributed by atoms with E-state index in [2.05, 4.69) is 0 Å². The average molecular weight is 225 g/mol. The molecule has 0 spiro atoms. The number of aliphatic hydroxyl groups is 1. The van der Waals surface area contributed by atoms with Crippen molar-refractivity contribution < 1.29 is 15.0 Å². The summed E-state index contributed by atoms with van der Waals surface area (Å²) < 4.78 is 1.37. The number of nitrogens with zero attached hydrogens (tertiary/aromatic N) is 1. The highest BCUT2D eigenvalue weighted by Gasteiger charge is 2.12. The molecule has 88 valence electrons. The van der Waals surface area contributed by atoms with Gasteiger partial charge in [0.15, 0.2) is 0 Å². The summed E-state index contributed by atoms with van der Waals surface area (Å²) in [5, 5.41) is 17.9. The second-order valence-corrected chi connectivity index (χ2v) is 3.79. The van der Waals surface area contributed by atoms with E-state index in [1.165, 1.54) is 10.6 Å². The number of pyridine rings is 1. The van der Waals surface area contributed by atoms with Gasteiger partial charge in [-0.25, -0.2) is 4.79 Å². The lowest BCUT2D eigenvalue weighted by Crippen LogP contribution is -2.28. The number of carboxylic acid groups (broad SMARTS) is 1. The fourth-order valence-corrected chi connectivity index (χ4v) is 1.43. The molecule has 0 saturated carbocycles. The molecule has 1 unspecified atom stereocenters. The van der Waals surface area contributed by atoms with Crippen LogP contribution in [0, 0.1) is 6.92 Å². The van der Waals surface area contributed by atoms with Crippen molar-refractivity contribution in [1.29, 1.82) is 0 Å². The number of aryl methyl sites for hydroxylation is 1. The summed E-state index contributed by atoms with van der Waals surface area (Å²) in [6.45, 7) is 3.68. The molecule has 16 heavy (non-hydrogen) atoms. The summed E-state index contributed by atoms with van der Waals surface area (Å²) in [5.41, 5.74) is -0.0695. The maximum absolute atomic E-state index is 11.7. The smallest absolute Gasteiger partial charge is 0.341 e. The molecule has 5 heteroatoms. The van der Waals surface area contributed by atoms with E-state index in [1.807, 2.05) is 0 Å². The number of carbonyl (C=O) groups is 1. The first-order valence-electron chi connectivity index (χ1n) is 5.05. The lowest BCUT2D eigenvalue weighted by atomic mass is 10.2. The first kappa shape index (κ1) is 12.4. The highest BCUT2D eigenvalue weighted by atomic mass is 16.4. The Morgan fingerprint density at radius 3 is 2.62 bits per heavy atom. The zero-order valence-corrected chi connectivity index (χ0v) is 9.30. The summed E-state index contributed by atoms with van der Waals surface area (Å²) in [5.74, 6) is -1.23. The first-order valence-corrected chi connectivity index (χ1v) is 5.05. The van der Waals surface area contributed by atoms with Gasteiger partial charge in [0.25, 0.3) is 5.56 Å². The Bertz CT molecular complexity index is 448. The fourth-order valence-electron chi connectivity index (χ4n) is 1.43. The summed E-state index contributed by atoms with van der Waals surface area (Å²) >= 11 is 0. The van der Waals surface area contributed by atoms with E-state index in [-0.39, 0.29) is 5.56 Å². The summed E-state index contributed by atoms with van der Waals surface area (Å²) in [7, 11) is 0. The maximum atomic E-state index is 11.7. The molecular weight excluding hydrogens is 210 g/mol. The SMILES string of the molecule is Cc1ccc(C(=O)O)c(=O)n1CCC(C)O. The van der Waals surface area contributed by atoms with Gasteiger partial charge in [0, 0.05) is 12.2 Å². The van der Waals surface area contributed by atoms with Crippen molar-refractivity contribution in [2.75, 3.05) is 0 Å². The van der Waals surface area contributed by atoms with E-state index in [1.54, 1.807) is 19.9 Å². The fraction of sp³-hybridized carbons (Fsp3) is 0.455. The number of aliphatic hydroxyl groups excluding tert-OH is 1. The van der Waals surface area contributed by atoms with Crippen LogP contribution in [0.5, 0.6) is 0 Å². The molecule has 0 aliphatic rings. The topological polar surface area (TPSA) is 79.5 Å². The second kappa shape index (κ2) is 4.94. The molecule has 1 atom stereocenters. The molecule has 0 aliphatic heterocycles. The Hall–Kier alpha value is -1.62. The van der Waals surface area contributed by atoms with E-state index in [0.717, 1.165) is 0 Å². The Labute approximate surface area is 93.0 Å². The molecule has 0 saturated heterocycles. The van der Waals surface area contributed by atoms with Gasteiger partial charge in [-0.2, -0.15) is 0 Å². The summed E-state index contributed by atoms with van der Waals surface area (Å²) in [6, 6.07) is 2.89. The summed E-state index contributed by atoms with van der Waals surface area (Å²) in [6.07, 6.45) is -0.0936. The largest absolute Gasteiger partial charge is 0.477 e. The van der Waals surface area contributed by atoms with Crippen molar-refractivity contribution in [3.63, 3.8) is 0 Å². The van der Waals surface area contributed by atoms with Crippen molar-refractivity contribution in [3.05, 3.63) is 33.7 Å². The predicted octanol–water partition coefficient (Wildman–Crippen LogP) is 0.626. The van der Waals surface area contributed by atoms with Crippen LogP contribution in [0.2, 0.25) is 0 Å². The Morgan fingerprint density at radius 2 is 2.12 bits per heavy atom. The molecule has 1 heterocycles. The zero-order chi connectivity index (χ0) is 12.3. The van der Waals surface area contributed by atoms with Gasteiger partial charge in [0.05, 0.1) is 6.10 Å². The van der Waals surface area contributed by atoms with Crippen LogP contribution in [-0.4, -0.2) is 26.9 Å². The molecule has 1 aromatic heterocycles. The van der Waals surface area contributed by atoms with E-state index < -0.39 is 17.6 Å². The highest BCUT2D eigenvalue weighted by Crippen LogP contribution is 2.01. The maximum Gasteiger partial charge on any atom is 0.341 e. The van der Waals surface area contributed by atoms with Gasteiger partial charge in [-0.15, -0.1) is 0 Å². The van der Waals surface area contributed by atoms with Crippen LogP contribution in [0.4, 0.5) is 0 Å². The van der Waals surface area contributed by atoms with Crippen LogP contribution in [0.1, 0.15) is 29.4 Å². The second-order valence-electron chi connectivity index (χ2n) is 3.79. The first-order chi connectivity index (χ1) is 7.43. The van der Waals surface area contributed by atoms with Gasteiger partial charge in [-0.3, -0.25) is 4.79 Å². The molecule has 2 N–H and O–H groups in total. The minimum Gasteiger partial charge on any atom is -0.477 e. The number of hydrogen-bond donors (Lipinski definition) is 2. The van der Waals surface area contributed by atoms with Crippen molar-refractivity contribution >= 4 is 5.97 Å². The third kappa shape index (κ3) is 2.70. The number of hydrogen-bond acceptors (Lipinski definition) is 3. The van der Waals surface area contributed by atoms with Crippen LogP contribution in [-0.2, 0) is 6.54 Å². The molecule has 1 aromatic rings. The highest BCUT2D eigenvalue weighted by molar-refractivity contribution is 5.87. The number of aromatic nitrogens is 1. The zero-order valence-electron chi connectivity index (χ0n) is 9.30. The van der Waals surface area contributed by atoms with Crippen LogP contribution < -0.4 is 5.56 Å². The lowest BCUT2D eigenvalue weighted by Gasteiger charge is -2.11. The van der Waals surface area contributed by atoms with E-state index >= 15 is 0 Å². The van der Waals surface area contributed by atoms with Gasteiger partial charge < -0.3 is 14.8 Å². The van der Waals surface area contributed by atoms with Gasteiger partial charge >= 0.3 is 5.97 Å². The average Bonchev–Trinajstić information content (AvgIpc) is 2.16. The molecule has 0 aromatic carbocycles. The number of rotatable bonds is 4. The normalized spacial score (nSPS) is 12.4. The van der Waals surface area contributed by atoms with Crippen molar-refractivity contribution in [3.8, 4) is 0 Å². The standard InChI is InChI=1S/C11H15NO4/c1-7-3-4-9(11(15)16)10(14)12(7)6-5-8(2)13/h3-4,8,13H,5-6H2,1-2H3,(H,15,16). The number of aromatic carboxylic acids is 1. The van der Waals surface area contributed by atoms with Gasteiger partial charge in [0.1, 0.15) is 5.56 Å². The van der Waals surface area contributed by atoms with E-state index in [9.17, 15) is 9.59 Å². The minimum absolute atomic E-state index is 0.240. The van der Waals surface area contributed by atoms with Crippen LogP contribution in [0.15, 0.2) is 16.9 Å². The van der Waals surface area contributed by atoms with Crippen molar-refractivity contribution in [2.45, 2.75) is 32.9 Å². The van der Waals surface area contributed by atoms with Gasteiger partial charge in [-0.1, -0.05) is 0 Å². The molecular formula is C11H15NO4. The Kier molecular flexibility index (Phi) is 3.84. The monoisotopic (exact) mass is 225 g/mol. The predicted molar refractivity (Wildman–Crippen MR) is 58.7 cm³/mol. The van der Waals surface area contributed by atoms with Crippen molar-refractivity contribution in [2.24, 2.45) is 0 Å². The van der Waals surface area contributed by atoms with Crippen molar-refractivity contribution in [1.82, 2.24) is 4.57 Å². The molecule has 0 fully saturated rings. The van der Waals surface area contributed by atoms with E-state index in [0.29, 0.717) is 18.7 Å². The van der Waals surface area contributed by atoms with Crippen LogP contribution >= 0.6 is 0 Å². The van der Waals surface area contributed by atoms with E-state index in [4.69, 9.17) is 10.2 Å². The number of carboxylic acids is 1. The molecule has 5 nitrogen and oxygen atoms in total. The minimum atomic E-state index is -1.23. The quantitative estimate of drug-likeness (QED) is 0.787. The van der Waals surface area contributed by atoms with Gasteiger partial charge in [0.2, 0.25) is 0 Å². The van der Waals surface area contributed by atoms with Gasteiger partial charge in [-0.05, 0) is 32.4 Å². The molecule has 0 aliphatic carbocycles. The van der Waals surface area contributed by atoms with Crippen LogP contribution in [0.25, 0.3) is 0 Å². The lowest BCUT2D eigenvalue weighted by molar-refractivity contribution is 0.0694. The molecule has 0 bridgehead atoms. The third-order valence-corrected chi connectivity index (χ3v) is 2.39. The Morgan fingerprint density at radius 1 is 1.50 bits per heavy atom. The summed E-state index contributed by atoms with van der Waals surface area (Å²) in [4.78, 5) is 22.5. The third-order valence-electron chi connectivity index (χ3n) is 2.39. The Balaban J connectivity index is 3.12. The molecule has 0 amide bonds. The van der Waals surface area contributed by atoms with Crippen LogP contribution in [0.3, 0.4) is 0 Å².